The van der Waals surface area contributed by atoms with Gasteiger partial charge in [-0.1, -0.05) is 11.6 Å². The lowest BCUT2D eigenvalue weighted by Crippen LogP contribution is -2.29. The first kappa shape index (κ1) is 15.3. The first-order valence-electron chi connectivity index (χ1n) is 7.07. The molecule has 0 aromatic carbocycles. The molecule has 1 saturated carbocycles. The highest BCUT2D eigenvalue weighted by Crippen LogP contribution is 2.38. The van der Waals surface area contributed by atoms with Crippen LogP contribution in [0.15, 0.2) is 24.5 Å². The van der Waals surface area contributed by atoms with E-state index in [0.717, 1.165) is 11.3 Å². The minimum absolute atomic E-state index is 0.0382. The van der Waals surface area contributed by atoms with Crippen molar-refractivity contribution >= 4 is 17.2 Å². The van der Waals surface area contributed by atoms with E-state index in [0.29, 0.717) is 17.5 Å². The van der Waals surface area contributed by atoms with Crippen molar-refractivity contribution in [1.29, 1.82) is 0 Å². The molecule has 2 rings (SSSR count). The van der Waals surface area contributed by atoms with E-state index in [1.165, 1.54) is 12.8 Å². The molecule has 0 spiro atoms. The maximum Gasteiger partial charge on any atom is 0.124 e. The summed E-state index contributed by atoms with van der Waals surface area (Å²) in [6.07, 6.45) is 5.91. The zero-order valence-electron chi connectivity index (χ0n) is 12.0. The minimum atomic E-state index is -0.0658. The number of aromatic nitrogens is 1. The van der Waals surface area contributed by atoms with E-state index in [1.807, 2.05) is 32.2 Å². The van der Waals surface area contributed by atoms with Crippen LogP contribution in [0.2, 0.25) is 5.02 Å². The molecule has 0 saturated heterocycles. The number of nitrogens with zero attached hydrogens (tertiary/aromatic N) is 1. The number of pyridine rings is 1. The van der Waals surface area contributed by atoms with Crippen LogP contribution in [0.3, 0.4) is 0 Å². The van der Waals surface area contributed by atoms with Crippen LogP contribution in [0.4, 0.5) is 0 Å². The van der Waals surface area contributed by atoms with Gasteiger partial charge in [0, 0.05) is 30.6 Å². The van der Waals surface area contributed by atoms with Gasteiger partial charge in [-0.15, -0.1) is 0 Å². The van der Waals surface area contributed by atoms with Crippen LogP contribution in [-0.2, 0) is 4.74 Å². The highest BCUT2D eigenvalue weighted by molar-refractivity contribution is 6.32. The average Bonchev–Trinajstić information content (AvgIpc) is 3.25. The molecule has 110 valence electrons. The number of nitrogens with two attached hydrogens (primary N) is 1. The van der Waals surface area contributed by atoms with E-state index >= 15 is 0 Å². The second-order valence-electron chi connectivity index (χ2n) is 5.06. The Morgan fingerprint density at radius 1 is 1.65 bits per heavy atom. The third kappa shape index (κ3) is 3.95. The Bertz CT molecular complexity index is 474. The largest absolute Gasteiger partial charge is 0.366 e. The SMILES string of the molecule is CCOC(C)N/C=C(/c1ncccc1Cl)C(N)C1CC1. The Morgan fingerprint density at radius 3 is 3.00 bits per heavy atom. The van der Waals surface area contributed by atoms with Crippen LogP contribution < -0.4 is 11.1 Å². The van der Waals surface area contributed by atoms with Crippen molar-refractivity contribution in [3.63, 3.8) is 0 Å². The van der Waals surface area contributed by atoms with E-state index in [9.17, 15) is 0 Å². The van der Waals surface area contributed by atoms with Gasteiger partial charge in [0.25, 0.3) is 0 Å². The molecule has 0 aliphatic heterocycles. The molecule has 1 fully saturated rings. The van der Waals surface area contributed by atoms with Crippen LogP contribution >= 0.6 is 11.6 Å². The van der Waals surface area contributed by atoms with Crippen molar-refractivity contribution in [3.8, 4) is 0 Å². The van der Waals surface area contributed by atoms with Crippen LogP contribution in [-0.4, -0.2) is 23.9 Å². The van der Waals surface area contributed by atoms with Crippen LogP contribution in [0, 0.1) is 5.92 Å². The number of hydrogen-bond acceptors (Lipinski definition) is 4. The first-order valence-corrected chi connectivity index (χ1v) is 7.45. The quantitative estimate of drug-likeness (QED) is 0.760. The van der Waals surface area contributed by atoms with E-state index in [1.54, 1.807) is 6.20 Å². The molecule has 1 aliphatic rings. The molecule has 1 aliphatic carbocycles. The van der Waals surface area contributed by atoms with Gasteiger partial charge in [0.15, 0.2) is 0 Å². The van der Waals surface area contributed by atoms with Crippen molar-refractivity contribution in [2.24, 2.45) is 11.7 Å². The normalized spacial score (nSPS) is 18.7. The zero-order valence-corrected chi connectivity index (χ0v) is 12.7. The molecule has 2 unspecified atom stereocenters. The summed E-state index contributed by atoms with van der Waals surface area (Å²) in [7, 11) is 0. The molecule has 5 heteroatoms. The fourth-order valence-electron chi connectivity index (χ4n) is 2.14. The molecule has 0 bridgehead atoms. The fourth-order valence-corrected chi connectivity index (χ4v) is 2.37. The van der Waals surface area contributed by atoms with Crippen molar-refractivity contribution < 1.29 is 4.74 Å². The van der Waals surface area contributed by atoms with Crippen molar-refractivity contribution in [3.05, 3.63) is 35.2 Å². The Kier molecular flexibility index (Phi) is 5.40. The van der Waals surface area contributed by atoms with Crippen molar-refractivity contribution in [1.82, 2.24) is 10.3 Å². The minimum Gasteiger partial charge on any atom is -0.366 e. The zero-order chi connectivity index (χ0) is 14.5. The lowest BCUT2D eigenvalue weighted by atomic mass is 10.0. The molecular weight excluding hydrogens is 274 g/mol. The summed E-state index contributed by atoms with van der Waals surface area (Å²) in [5.41, 5.74) is 8.04. The smallest absolute Gasteiger partial charge is 0.124 e. The molecule has 1 heterocycles. The lowest BCUT2D eigenvalue weighted by Gasteiger charge is -2.18. The van der Waals surface area contributed by atoms with Crippen molar-refractivity contribution in [2.45, 2.75) is 39.0 Å². The molecule has 1 aromatic rings. The standard InChI is InChI=1S/C15H22ClN3O/c1-3-20-10(2)19-9-12(14(17)11-6-7-11)15-13(16)5-4-8-18-15/h4-5,8-11,14,19H,3,6-7,17H2,1-2H3/b12-9+. The van der Waals surface area contributed by atoms with E-state index in [4.69, 9.17) is 22.1 Å². The van der Waals surface area contributed by atoms with Crippen LogP contribution in [0.25, 0.3) is 5.57 Å². The summed E-state index contributed by atoms with van der Waals surface area (Å²) >= 11 is 6.25. The molecule has 0 radical (unpaired) electrons. The van der Waals surface area contributed by atoms with Gasteiger partial charge in [-0.2, -0.15) is 0 Å². The van der Waals surface area contributed by atoms with Gasteiger partial charge in [-0.05, 0) is 44.7 Å². The highest BCUT2D eigenvalue weighted by atomic mass is 35.5. The first-order chi connectivity index (χ1) is 9.63. The number of halogens is 1. The van der Waals surface area contributed by atoms with Crippen LogP contribution in [0.1, 0.15) is 32.4 Å². The van der Waals surface area contributed by atoms with Crippen LogP contribution in [0.5, 0.6) is 0 Å². The monoisotopic (exact) mass is 295 g/mol. The van der Waals surface area contributed by atoms with E-state index in [2.05, 4.69) is 10.3 Å². The Morgan fingerprint density at radius 2 is 2.40 bits per heavy atom. The number of nitrogens with one attached hydrogen (secondary N) is 1. The third-order valence-corrected chi connectivity index (χ3v) is 3.72. The topological polar surface area (TPSA) is 60.2 Å². The summed E-state index contributed by atoms with van der Waals surface area (Å²) in [6, 6.07) is 3.62. The summed E-state index contributed by atoms with van der Waals surface area (Å²) < 4.78 is 5.46. The average molecular weight is 296 g/mol. The number of ether oxygens (including phenoxy) is 1. The van der Waals surface area contributed by atoms with E-state index < -0.39 is 0 Å². The molecule has 4 nitrogen and oxygen atoms in total. The predicted octanol–water partition coefficient (Wildman–Crippen LogP) is 2.79. The molecule has 2 atom stereocenters. The fraction of sp³-hybridized carbons (Fsp3) is 0.533. The van der Waals surface area contributed by atoms with Gasteiger partial charge in [0.05, 0.1) is 10.7 Å². The van der Waals surface area contributed by atoms with Gasteiger partial charge in [0.2, 0.25) is 0 Å². The summed E-state index contributed by atoms with van der Waals surface area (Å²) in [5.74, 6) is 0.531. The number of hydrogen-bond donors (Lipinski definition) is 2. The maximum absolute atomic E-state index is 6.34. The second-order valence-corrected chi connectivity index (χ2v) is 5.47. The Balaban J connectivity index is 2.20. The van der Waals surface area contributed by atoms with Gasteiger partial charge in [-0.3, -0.25) is 4.98 Å². The second kappa shape index (κ2) is 7.07. The number of rotatable bonds is 7. The summed E-state index contributed by atoms with van der Waals surface area (Å²) in [4.78, 5) is 4.37. The van der Waals surface area contributed by atoms with Gasteiger partial charge >= 0.3 is 0 Å². The molecular formula is C15H22ClN3O. The maximum atomic E-state index is 6.34. The third-order valence-electron chi connectivity index (χ3n) is 3.41. The van der Waals surface area contributed by atoms with E-state index in [-0.39, 0.29) is 12.3 Å². The Hall–Kier alpha value is -1.10. The molecule has 3 N–H and O–H groups in total. The molecule has 0 amide bonds. The van der Waals surface area contributed by atoms with Gasteiger partial charge in [0.1, 0.15) is 6.23 Å². The predicted molar refractivity (Wildman–Crippen MR) is 82.1 cm³/mol. The summed E-state index contributed by atoms with van der Waals surface area (Å²) in [5, 5.41) is 3.84. The molecule has 1 aromatic heterocycles. The Labute approximate surface area is 125 Å². The highest BCUT2D eigenvalue weighted by Gasteiger charge is 2.32. The lowest BCUT2D eigenvalue weighted by molar-refractivity contribution is 0.0621. The summed E-state index contributed by atoms with van der Waals surface area (Å²) in [6.45, 7) is 4.59. The van der Waals surface area contributed by atoms with Gasteiger partial charge < -0.3 is 15.8 Å². The van der Waals surface area contributed by atoms with Crippen molar-refractivity contribution in [2.75, 3.05) is 6.61 Å². The molecule has 20 heavy (non-hydrogen) atoms. The van der Waals surface area contributed by atoms with Gasteiger partial charge in [-0.25, -0.2) is 0 Å².